The van der Waals surface area contributed by atoms with E-state index < -0.39 is 0 Å². The van der Waals surface area contributed by atoms with Crippen LogP contribution in [0.3, 0.4) is 0 Å². The molecule has 0 aromatic rings. The van der Waals surface area contributed by atoms with Crippen LogP contribution >= 0.6 is 0 Å². The van der Waals surface area contributed by atoms with Gasteiger partial charge in [0.2, 0.25) is 0 Å². The third kappa shape index (κ3) is 2.03. The lowest BCUT2D eigenvalue weighted by molar-refractivity contribution is -0.107. The van der Waals surface area contributed by atoms with Crippen molar-refractivity contribution in [2.75, 3.05) is 26.2 Å². The third-order valence-electron chi connectivity index (χ3n) is 7.45. The van der Waals surface area contributed by atoms with E-state index in [9.17, 15) is 0 Å². The third-order valence-corrected chi connectivity index (χ3v) is 7.45. The molecule has 4 saturated heterocycles. The van der Waals surface area contributed by atoms with Crippen molar-refractivity contribution in [2.45, 2.75) is 64.4 Å². The molecule has 5 heteroatoms. The zero-order chi connectivity index (χ0) is 16.5. The average Bonchev–Trinajstić information content (AvgIpc) is 3.31. The molecule has 134 valence electrons. The number of fused-ring (bicyclic) bond motifs is 6. The van der Waals surface area contributed by atoms with Gasteiger partial charge in [0.25, 0.3) is 0 Å². The summed E-state index contributed by atoms with van der Waals surface area (Å²) in [6.07, 6.45) is 5.18. The van der Waals surface area contributed by atoms with E-state index in [0.717, 1.165) is 44.0 Å². The van der Waals surface area contributed by atoms with Gasteiger partial charge < -0.3 is 19.7 Å². The number of nitrogens with one attached hydrogen (secondary N) is 1. The van der Waals surface area contributed by atoms with Gasteiger partial charge in [-0.05, 0) is 26.2 Å². The van der Waals surface area contributed by atoms with E-state index in [1.165, 1.54) is 19.3 Å². The molecule has 7 unspecified atom stereocenters. The predicted molar refractivity (Wildman–Crippen MR) is 93.0 cm³/mol. The Morgan fingerprint density at radius 3 is 2.50 bits per heavy atom. The van der Waals surface area contributed by atoms with Crippen LogP contribution in [0.5, 0.6) is 0 Å². The normalized spacial score (nSPS) is 48.4. The fraction of sp³-hybridized carbons (Fsp3) is 0.947. The quantitative estimate of drug-likeness (QED) is 0.619. The van der Waals surface area contributed by atoms with Gasteiger partial charge in [-0.25, -0.2) is 0 Å². The maximum absolute atomic E-state index is 6.13. The Kier molecular flexibility index (Phi) is 3.44. The number of aliphatic imine (C=N–C) groups is 1. The highest BCUT2D eigenvalue weighted by atomic mass is 16.5. The summed E-state index contributed by atoms with van der Waals surface area (Å²) in [6, 6.07) is 0.490. The van der Waals surface area contributed by atoms with Crippen molar-refractivity contribution in [3.05, 3.63) is 0 Å². The number of rotatable bonds is 2. The second-order valence-electron chi connectivity index (χ2n) is 9.01. The number of likely N-dealkylation sites (tertiary alicyclic amines) is 1. The van der Waals surface area contributed by atoms with E-state index in [1.807, 2.05) is 0 Å². The molecule has 4 aliphatic heterocycles. The van der Waals surface area contributed by atoms with E-state index in [4.69, 9.17) is 14.5 Å². The minimum Gasteiger partial charge on any atom is -0.377 e. The van der Waals surface area contributed by atoms with Gasteiger partial charge in [-0.2, -0.15) is 0 Å². The lowest BCUT2D eigenvalue weighted by Gasteiger charge is -2.55. The van der Waals surface area contributed by atoms with Crippen LogP contribution < -0.4 is 5.32 Å². The first-order chi connectivity index (χ1) is 11.6. The maximum atomic E-state index is 6.13. The molecule has 5 fully saturated rings. The lowest BCUT2D eigenvalue weighted by Crippen LogP contribution is -2.68. The van der Waals surface area contributed by atoms with Crippen molar-refractivity contribution in [3.8, 4) is 0 Å². The molecule has 0 amide bonds. The summed E-state index contributed by atoms with van der Waals surface area (Å²) >= 11 is 0. The average molecular weight is 333 g/mol. The number of guanidine groups is 1. The van der Waals surface area contributed by atoms with E-state index in [1.54, 1.807) is 0 Å². The Labute approximate surface area is 145 Å². The second-order valence-corrected chi connectivity index (χ2v) is 9.01. The molecule has 4 heterocycles. The van der Waals surface area contributed by atoms with Gasteiger partial charge in [0.1, 0.15) is 0 Å². The summed E-state index contributed by atoms with van der Waals surface area (Å²) in [4.78, 5) is 7.38. The zero-order valence-corrected chi connectivity index (χ0v) is 15.2. The fourth-order valence-electron chi connectivity index (χ4n) is 6.28. The van der Waals surface area contributed by atoms with Gasteiger partial charge in [-0.3, -0.25) is 4.99 Å². The van der Waals surface area contributed by atoms with Crippen LogP contribution in [-0.2, 0) is 9.47 Å². The largest absolute Gasteiger partial charge is 0.377 e. The molecule has 0 aromatic carbocycles. The topological polar surface area (TPSA) is 46.1 Å². The van der Waals surface area contributed by atoms with Crippen LogP contribution in [0.4, 0.5) is 0 Å². The van der Waals surface area contributed by atoms with Gasteiger partial charge in [0.05, 0.1) is 18.3 Å². The number of ether oxygens (including phenoxy) is 2. The van der Waals surface area contributed by atoms with Gasteiger partial charge in [-0.1, -0.05) is 13.8 Å². The van der Waals surface area contributed by atoms with Crippen LogP contribution in [0.15, 0.2) is 4.99 Å². The Bertz CT molecular complexity index is 531. The van der Waals surface area contributed by atoms with Crippen LogP contribution in [0.2, 0.25) is 0 Å². The van der Waals surface area contributed by atoms with E-state index in [-0.39, 0.29) is 5.41 Å². The lowest BCUT2D eigenvalue weighted by atomic mass is 9.57. The summed E-state index contributed by atoms with van der Waals surface area (Å²) in [6.45, 7) is 10.8. The minimum atomic E-state index is 0.202. The summed E-state index contributed by atoms with van der Waals surface area (Å²) in [5.41, 5.74) is 0.202. The maximum Gasteiger partial charge on any atom is 0.194 e. The van der Waals surface area contributed by atoms with Crippen molar-refractivity contribution in [1.29, 1.82) is 0 Å². The number of nitrogens with zero attached hydrogens (tertiary/aromatic N) is 2. The van der Waals surface area contributed by atoms with Gasteiger partial charge in [-0.15, -0.1) is 0 Å². The van der Waals surface area contributed by atoms with Crippen molar-refractivity contribution in [1.82, 2.24) is 10.2 Å². The molecular formula is C19H31N3O2. The van der Waals surface area contributed by atoms with Crippen LogP contribution in [-0.4, -0.2) is 61.5 Å². The highest BCUT2D eigenvalue weighted by Gasteiger charge is 2.60. The fourth-order valence-corrected chi connectivity index (χ4v) is 6.28. The molecule has 1 saturated carbocycles. The SMILES string of the molecule is CCN=C(NC1C2CCOC2C1(C)C)N1CC2C3CCC(O3)C2C1. The van der Waals surface area contributed by atoms with Crippen molar-refractivity contribution >= 4 is 5.96 Å². The predicted octanol–water partition coefficient (Wildman–Crippen LogP) is 1.87. The van der Waals surface area contributed by atoms with Crippen LogP contribution in [0.1, 0.15) is 40.0 Å². The molecule has 1 N–H and O–H groups in total. The van der Waals surface area contributed by atoms with Gasteiger partial charge in [0, 0.05) is 55.5 Å². The molecular weight excluding hydrogens is 302 g/mol. The van der Waals surface area contributed by atoms with Gasteiger partial charge >= 0.3 is 0 Å². The molecule has 0 radical (unpaired) electrons. The Morgan fingerprint density at radius 2 is 1.83 bits per heavy atom. The van der Waals surface area contributed by atoms with E-state index >= 15 is 0 Å². The minimum absolute atomic E-state index is 0.202. The number of hydrogen-bond donors (Lipinski definition) is 1. The molecule has 5 aliphatic rings. The summed E-state index contributed by atoms with van der Waals surface area (Å²) in [5.74, 6) is 3.24. The summed E-state index contributed by atoms with van der Waals surface area (Å²) < 4.78 is 12.1. The first-order valence-corrected chi connectivity index (χ1v) is 9.92. The standard InChI is InChI=1S/C19H31N3O2/c1-4-20-18(21-16-11-7-8-23-17(11)19(16,2)3)22-9-12-13(10-22)15-6-5-14(12)24-15/h11-17H,4-10H2,1-3H3,(H,20,21). The van der Waals surface area contributed by atoms with Crippen LogP contribution in [0.25, 0.3) is 0 Å². The number of hydrogen-bond acceptors (Lipinski definition) is 3. The summed E-state index contributed by atoms with van der Waals surface area (Å²) in [7, 11) is 0. The molecule has 7 atom stereocenters. The Morgan fingerprint density at radius 1 is 1.12 bits per heavy atom. The summed E-state index contributed by atoms with van der Waals surface area (Å²) in [5, 5.41) is 3.85. The second kappa shape index (κ2) is 5.34. The monoisotopic (exact) mass is 333 g/mol. The molecule has 0 spiro atoms. The van der Waals surface area contributed by atoms with Crippen LogP contribution in [0, 0.1) is 23.2 Å². The van der Waals surface area contributed by atoms with Crippen molar-refractivity contribution < 1.29 is 9.47 Å². The smallest absolute Gasteiger partial charge is 0.194 e. The molecule has 1 aliphatic carbocycles. The first-order valence-electron chi connectivity index (χ1n) is 9.92. The molecule has 5 rings (SSSR count). The molecule has 24 heavy (non-hydrogen) atoms. The molecule has 0 aromatic heterocycles. The van der Waals surface area contributed by atoms with E-state index in [2.05, 4.69) is 31.0 Å². The highest BCUT2D eigenvalue weighted by Crippen LogP contribution is 2.52. The van der Waals surface area contributed by atoms with E-state index in [0.29, 0.717) is 30.3 Å². The Hall–Kier alpha value is -0.810. The zero-order valence-electron chi connectivity index (χ0n) is 15.2. The first kappa shape index (κ1) is 15.4. The molecule has 5 nitrogen and oxygen atoms in total. The molecule has 2 bridgehead atoms. The van der Waals surface area contributed by atoms with Crippen molar-refractivity contribution in [2.24, 2.45) is 28.2 Å². The highest BCUT2D eigenvalue weighted by molar-refractivity contribution is 5.81. The van der Waals surface area contributed by atoms with Gasteiger partial charge in [0.15, 0.2) is 5.96 Å². The Balaban J connectivity index is 1.31. The van der Waals surface area contributed by atoms with Crippen molar-refractivity contribution in [3.63, 3.8) is 0 Å².